The van der Waals surface area contributed by atoms with E-state index in [1.807, 2.05) is 31.2 Å². The molecule has 1 aliphatic rings. The Morgan fingerprint density at radius 2 is 2.16 bits per heavy atom. The van der Waals surface area contributed by atoms with Crippen molar-refractivity contribution >= 4 is 0 Å². The number of nitrogens with zero attached hydrogens (tertiary/aromatic N) is 1. The van der Waals surface area contributed by atoms with Gasteiger partial charge in [0.05, 0.1) is 5.69 Å². The molecule has 1 fully saturated rings. The average molecular weight is 254 g/mol. The summed E-state index contributed by atoms with van der Waals surface area (Å²) in [5, 5.41) is 3.51. The summed E-state index contributed by atoms with van der Waals surface area (Å²) in [5.41, 5.74) is 2.16. The van der Waals surface area contributed by atoms with E-state index in [1.165, 1.54) is 18.4 Å². The van der Waals surface area contributed by atoms with Crippen molar-refractivity contribution in [3.63, 3.8) is 0 Å². The Kier molecular flexibility index (Phi) is 3.47. The van der Waals surface area contributed by atoms with Crippen LogP contribution in [0.15, 0.2) is 42.6 Å². The van der Waals surface area contributed by atoms with Crippen LogP contribution in [0, 0.1) is 6.92 Å². The summed E-state index contributed by atoms with van der Waals surface area (Å²) >= 11 is 0. The molecule has 0 radical (unpaired) electrons. The van der Waals surface area contributed by atoms with Crippen molar-refractivity contribution in [3.8, 4) is 11.5 Å². The zero-order chi connectivity index (χ0) is 13.1. The topological polar surface area (TPSA) is 34.1 Å². The molecule has 3 heteroatoms. The van der Waals surface area contributed by atoms with Gasteiger partial charge in [-0.2, -0.15) is 0 Å². The number of hydrogen-bond acceptors (Lipinski definition) is 3. The average Bonchev–Trinajstić information content (AvgIpc) is 3.24. The fourth-order valence-electron chi connectivity index (χ4n) is 1.97. The second-order valence-electron chi connectivity index (χ2n) is 4.99. The molecule has 0 bridgehead atoms. The van der Waals surface area contributed by atoms with Crippen LogP contribution in [0.1, 0.15) is 24.1 Å². The van der Waals surface area contributed by atoms with Crippen LogP contribution < -0.4 is 10.1 Å². The van der Waals surface area contributed by atoms with Gasteiger partial charge in [-0.25, -0.2) is 0 Å². The van der Waals surface area contributed by atoms with E-state index in [-0.39, 0.29) is 0 Å². The minimum absolute atomic E-state index is 0.727. The Bertz CT molecular complexity index is 564. The summed E-state index contributed by atoms with van der Waals surface area (Å²) < 4.78 is 5.88. The number of aromatic nitrogens is 1. The Labute approximate surface area is 113 Å². The van der Waals surface area contributed by atoms with Crippen molar-refractivity contribution in [3.05, 3.63) is 53.9 Å². The quantitative estimate of drug-likeness (QED) is 0.887. The van der Waals surface area contributed by atoms with Crippen LogP contribution in [0.5, 0.6) is 11.5 Å². The van der Waals surface area contributed by atoms with Gasteiger partial charge in [-0.3, -0.25) is 4.98 Å². The minimum atomic E-state index is 0.727. The highest BCUT2D eigenvalue weighted by Gasteiger charge is 2.19. The molecule has 3 rings (SSSR count). The summed E-state index contributed by atoms with van der Waals surface area (Å²) in [5.74, 6) is 1.68. The lowest BCUT2D eigenvalue weighted by atomic mass is 10.2. The van der Waals surface area contributed by atoms with Crippen molar-refractivity contribution in [2.45, 2.75) is 32.4 Å². The third-order valence-electron chi connectivity index (χ3n) is 3.26. The van der Waals surface area contributed by atoms with Crippen molar-refractivity contribution in [1.82, 2.24) is 10.3 Å². The summed E-state index contributed by atoms with van der Waals surface area (Å²) in [4.78, 5) is 4.23. The molecule has 1 aromatic carbocycles. The van der Waals surface area contributed by atoms with Gasteiger partial charge in [0.15, 0.2) is 0 Å². The fraction of sp³-hybridized carbons (Fsp3) is 0.312. The molecule has 0 saturated heterocycles. The first-order valence-electron chi connectivity index (χ1n) is 6.73. The van der Waals surface area contributed by atoms with Crippen LogP contribution in [0.3, 0.4) is 0 Å². The molecule has 1 aliphatic carbocycles. The normalized spacial score (nSPS) is 14.4. The first-order chi connectivity index (χ1) is 9.31. The van der Waals surface area contributed by atoms with Crippen LogP contribution >= 0.6 is 0 Å². The molecular formula is C16H18N2O. The maximum atomic E-state index is 5.88. The van der Waals surface area contributed by atoms with Crippen molar-refractivity contribution in [1.29, 1.82) is 0 Å². The second-order valence-corrected chi connectivity index (χ2v) is 4.99. The van der Waals surface area contributed by atoms with Gasteiger partial charge < -0.3 is 10.1 Å². The summed E-state index contributed by atoms with van der Waals surface area (Å²) in [6, 6.07) is 12.8. The van der Waals surface area contributed by atoms with Crippen LogP contribution in [0.25, 0.3) is 0 Å². The highest BCUT2D eigenvalue weighted by atomic mass is 16.5. The van der Waals surface area contributed by atoms with Crippen molar-refractivity contribution < 1.29 is 4.74 Å². The van der Waals surface area contributed by atoms with Gasteiger partial charge in [-0.05, 0) is 49.6 Å². The van der Waals surface area contributed by atoms with Crippen LogP contribution in [-0.4, -0.2) is 11.0 Å². The van der Waals surface area contributed by atoms with Gasteiger partial charge in [0.1, 0.15) is 11.5 Å². The minimum Gasteiger partial charge on any atom is -0.455 e. The van der Waals surface area contributed by atoms with Crippen LogP contribution in [-0.2, 0) is 6.54 Å². The lowest BCUT2D eigenvalue weighted by Crippen LogP contribution is -2.15. The van der Waals surface area contributed by atoms with Crippen LogP contribution in [0.2, 0.25) is 0 Å². The van der Waals surface area contributed by atoms with E-state index < -0.39 is 0 Å². The number of nitrogens with one attached hydrogen (secondary N) is 1. The third-order valence-corrected chi connectivity index (χ3v) is 3.26. The maximum Gasteiger partial charge on any atom is 0.148 e. The smallest absolute Gasteiger partial charge is 0.148 e. The van der Waals surface area contributed by atoms with Crippen LogP contribution in [0.4, 0.5) is 0 Å². The Hall–Kier alpha value is -1.87. The van der Waals surface area contributed by atoms with E-state index in [0.29, 0.717) is 0 Å². The lowest BCUT2D eigenvalue weighted by molar-refractivity contribution is 0.474. The monoisotopic (exact) mass is 254 g/mol. The van der Waals surface area contributed by atoms with Gasteiger partial charge in [-0.1, -0.05) is 12.1 Å². The SMILES string of the molecule is Cc1ncccc1Oc1cccc(CNC2CC2)c1. The standard InChI is InChI=1S/C16H18N2O/c1-12-16(6-3-9-17-12)19-15-5-2-4-13(10-15)11-18-14-7-8-14/h2-6,9-10,14,18H,7-8,11H2,1H3. The first-order valence-corrected chi connectivity index (χ1v) is 6.73. The van der Waals surface area contributed by atoms with E-state index in [4.69, 9.17) is 4.74 Å². The molecule has 1 N–H and O–H groups in total. The third kappa shape index (κ3) is 3.32. The lowest BCUT2D eigenvalue weighted by Gasteiger charge is -2.09. The number of hydrogen-bond donors (Lipinski definition) is 1. The molecule has 1 saturated carbocycles. The predicted octanol–water partition coefficient (Wildman–Crippen LogP) is 3.43. The highest BCUT2D eigenvalue weighted by molar-refractivity contribution is 5.35. The number of aryl methyl sites for hydroxylation is 1. The van der Waals surface area contributed by atoms with Gasteiger partial charge in [0, 0.05) is 18.8 Å². The maximum absolute atomic E-state index is 5.88. The molecule has 0 unspecified atom stereocenters. The first kappa shape index (κ1) is 12.2. The number of benzene rings is 1. The number of pyridine rings is 1. The molecule has 0 atom stereocenters. The Morgan fingerprint density at radius 1 is 1.26 bits per heavy atom. The largest absolute Gasteiger partial charge is 0.455 e. The van der Waals surface area contributed by atoms with E-state index in [1.54, 1.807) is 6.20 Å². The van der Waals surface area contributed by atoms with Crippen molar-refractivity contribution in [2.75, 3.05) is 0 Å². The zero-order valence-corrected chi connectivity index (χ0v) is 11.1. The molecule has 0 amide bonds. The van der Waals surface area contributed by atoms with Gasteiger partial charge >= 0.3 is 0 Å². The molecule has 0 spiro atoms. The van der Waals surface area contributed by atoms with E-state index in [9.17, 15) is 0 Å². The molecule has 0 aliphatic heterocycles. The van der Waals surface area contributed by atoms with Gasteiger partial charge in [0.25, 0.3) is 0 Å². The highest BCUT2D eigenvalue weighted by Crippen LogP contribution is 2.24. The molecule has 98 valence electrons. The summed E-state index contributed by atoms with van der Waals surface area (Å²) in [6.07, 6.45) is 4.40. The fourth-order valence-corrected chi connectivity index (χ4v) is 1.97. The Balaban J connectivity index is 1.70. The van der Waals surface area contributed by atoms with E-state index in [2.05, 4.69) is 22.4 Å². The molecule has 3 nitrogen and oxygen atoms in total. The predicted molar refractivity (Wildman–Crippen MR) is 75.4 cm³/mol. The zero-order valence-electron chi connectivity index (χ0n) is 11.1. The second kappa shape index (κ2) is 5.41. The Morgan fingerprint density at radius 3 is 2.95 bits per heavy atom. The molecular weight excluding hydrogens is 236 g/mol. The van der Waals surface area contributed by atoms with Gasteiger partial charge in [0.2, 0.25) is 0 Å². The molecule has 2 aromatic rings. The number of rotatable bonds is 5. The number of ether oxygens (including phenoxy) is 1. The van der Waals surface area contributed by atoms with E-state index >= 15 is 0 Å². The summed E-state index contributed by atoms with van der Waals surface area (Å²) in [7, 11) is 0. The van der Waals surface area contributed by atoms with Gasteiger partial charge in [-0.15, -0.1) is 0 Å². The van der Waals surface area contributed by atoms with Crippen molar-refractivity contribution in [2.24, 2.45) is 0 Å². The van der Waals surface area contributed by atoms with E-state index in [0.717, 1.165) is 29.8 Å². The molecule has 1 aromatic heterocycles. The summed E-state index contributed by atoms with van der Waals surface area (Å²) in [6.45, 7) is 2.86. The molecule has 1 heterocycles. The molecule has 19 heavy (non-hydrogen) atoms.